The van der Waals surface area contributed by atoms with E-state index >= 15 is 0 Å². The molecule has 154 valence electrons. The van der Waals surface area contributed by atoms with Crippen LogP contribution in [0.4, 0.5) is 0 Å². The van der Waals surface area contributed by atoms with E-state index in [-0.39, 0.29) is 36.9 Å². The molecule has 5 rings (SSSR count). The van der Waals surface area contributed by atoms with Crippen LogP contribution in [0.3, 0.4) is 0 Å². The van der Waals surface area contributed by atoms with Crippen LogP contribution in [-0.4, -0.2) is 52.9 Å². The zero-order valence-electron chi connectivity index (χ0n) is 16.6. The molecule has 10 nitrogen and oxygen atoms in total. The number of hydrogen-bond acceptors (Lipinski definition) is 7. The maximum absolute atomic E-state index is 12.4. The molecule has 0 saturated carbocycles. The summed E-state index contributed by atoms with van der Waals surface area (Å²) in [4.78, 5) is 44.2. The Morgan fingerprint density at radius 2 is 1.71 bits per heavy atom. The van der Waals surface area contributed by atoms with Gasteiger partial charge in [-0.3, -0.25) is 23.7 Å². The zero-order valence-corrected chi connectivity index (χ0v) is 16.6. The second kappa shape index (κ2) is 7.24. The molecule has 1 aliphatic rings. The first-order valence-electron chi connectivity index (χ1n) is 9.70. The highest BCUT2D eigenvalue weighted by Crippen LogP contribution is 2.22. The van der Waals surface area contributed by atoms with Crippen molar-refractivity contribution < 1.29 is 9.59 Å². The molecular weight excluding hydrogens is 398 g/mol. The third-order valence-electron chi connectivity index (χ3n) is 5.10. The Morgan fingerprint density at radius 1 is 0.968 bits per heavy atom. The number of amides is 2. The van der Waals surface area contributed by atoms with Crippen LogP contribution in [0.25, 0.3) is 5.65 Å². The molecule has 0 atom stereocenters. The average molecular weight is 415 g/mol. The summed E-state index contributed by atoms with van der Waals surface area (Å²) in [5.74, 6) is -0.238. The molecule has 10 heteroatoms. The highest BCUT2D eigenvalue weighted by molar-refractivity contribution is 6.21. The predicted octanol–water partition coefficient (Wildman–Crippen LogP) is 0.876. The number of pyridine rings is 1. The van der Waals surface area contributed by atoms with Crippen molar-refractivity contribution in [1.82, 2.24) is 34.5 Å². The monoisotopic (exact) mass is 415 g/mol. The van der Waals surface area contributed by atoms with Gasteiger partial charge in [-0.25, -0.2) is 4.98 Å². The van der Waals surface area contributed by atoms with Crippen molar-refractivity contribution in [2.75, 3.05) is 6.54 Å². The fourth-order valence-electron chi connectivity index (χ4n) is 3.58. The van der Waals surface area contributed by atoms with Crippen LogP contribution < -0.4 is 5.56 Å². The molecule has 1 aromatic carbocycles. The third kappa shape index (κ3) is 3.37. The van der Waals surface area contributed by atoms with Gasteiger partial charge < -0.3 is 0 Å². The smallest absolute Gasteiger partial charge is 0.261 e. The van der Waals surface area contributed by atoms with Crippen molar-refractivity contribution >= 4 is 17.5 Å². The number of aryl methyl sites for hydroxylation is 1. The van der Waals surface area contributed by atoms with Gasteiger partial charge in [0.15, 0.2) is 5.82 Å². The molecule has 4 aromatic rings. The Labute approximate surface area is 175 Å². The van der Waals surface area contributed by atoms with E-state index in [1.807, 2.05) is 13.0 Å². The largest absolute Gasteiger partial charge is 0.274 e. The fraction of sp³-hybridized carbons (Fsp3) is 0.190. The summed E-state index contributed by atoms with van der Waals surface area (Å²) >= 11 is 0. The minimum atomic E-state index is -0.316. The summed E-state index contributed by atoms with van der Waals surface area (Å²) in [6.45, 7) is 2.25. The molecule has 0 N–H and O–H groups in total. The van der Waals surface area contributed by atoms with Crippen LogP contribution in [0.2, 0.25) is 0 Å². The number of aromatic nitrogens is 6. The lowest BCUT2D eigenvalue weighted by Gasteiger charge is -2.11. The van der Waals surface area contributed by atoms with Gasteiger partial charge in [0.25, 0.3) is 17.4 Å². The van der Waals surface area contributed by atoms with Crippen molar-refractivity contribution in [1.29, 1.82) is 0 Å². The lowest BCUT2D eigenvalue weighted by Crippen LogP contribution is -2.32. The molecule has 2 amide bonds. The summed E-state index contributed by atoms with van der Waals surface area (Å²) in [7, 11) is 0. The molecular formula is C21H17N7O3. The van der Waals surface area contributed by atoms with Crippen LogP contribution in [-0.2, 0) is 13.0 Å². The highest BCUT2D eigenvalue weighted by Gasteiger charge is 2.34. The highest BCUT2D eigenvalue weighted by atomic mass is 16.2. The normalized spacial score (nSPS) is 13.3. The van der Waals surface area contributed by atoms with Crippen LogP contribution >= 0.6 is 0 Å². The van der Waals surface area contributed by atoms with Gasteiger partial charge >= 0.3 is 0 Å². The van der Waals surface area contributed by atoms with Crippen molar-refractivity contribution in [3.63, 3.8) is 0 Å². The number of imide groups is 1. The van der Waals surface area contributed by atoms with Crippen LogP contribution in [0.5, 0.6) is 0 Å². The lowest BCUT2D eigenvalue weighted by molar-refractivity contribution is 0.0655. The molecule has 3 aromatic heterocycles. The van der Waals surface area contributed by atoms with E-state index in [1.54, 1.807) is 36.5 Å². The second-order valence-electron chi connectivity index (χ2n) is 7.31. The first kappa shape index (κ1) is 18.8. The average Bonchev–Trinajstić information content (AvgIpc) is 3.30. The molecule has 1 aliphatic heterocycles. The Bertz CT molecular complexity index is 1370. The maximum Gasteiger partial charge on any atom is 0.261 e. The van der Waals surface area contributed by atoms with E-state index in [1.165, 1.54) is 20.2 Å². The molecule has 0 saturated heterocycles. The maximum atomic E-state index is 12.4. The molecule has 0 radical (unpaired) electrons. The Morgan fingerprint density at radius 3 is 2.45 bits per heavy atom. The summed E-state index contributed by atoms with van der Waals surface area (Å²) in [6.07, 6.45) is 2.01. The van der Waals surface area contributed by atoms with E-state index in [9.17, 15) is 14.4 Å². The minimum absolute atomic E-state index is 0.160. The van der Waals surface area contributed by atoms with Gasteiger partial charge in [0.1, 0.15) is 12.2 Å². The predicted molar refractivity (Wildman–Crippen MR) is 109 cm³/mol. The summed E-state index contributed by atoms with van der Waals surface area (Å²) in [5, 5.41) is 12.3. The number of nitrogens with zero attached hydrogens (tertiary/aromatic N) is 7. The quantitative estimate of drug-likeness (QED) is 0.444. The first-order valence-corrected chi connectivity index (χ1v) is 9.70. The van der Waals surface area contributed by atoms with Gasteiger partial charge in [-0.15, -0.1) is 10.2 Å². The van der Waals surface area contributed by atoms with Crippen molar-refractivity contribution in [3.05, 3.63) is 87.2 Å². The minimum Gasteiger partial charge on any atom is -0.274 e. The van der Waals surface area contributed by atoms with Crippen molar-refractivity contribution in [3.8, 4) is 0 Å². The SMILES string of the molecule is Cc1ccc2nc(Cn3nnc(CCN4C(=O)c5ccccc5C4=O)n3)cc(=O)n2c1. The number of rotatable bonds is 5. The van der Waals surface area contributed by atoms with Crippen LogP contribution in [0.1, 0.15) is 37.8 Å². The first-order chi connectivity index (χ1) is 15.0. The fourth-order valence-corrected chi connectivity index (χ4v) is 3.58. The molecule has 0 bridgehead atoms. The molecule has 0 fully saturated rings. The Balaban J connectivity index is 1.29. The molecule has 0 aliphatic carbocycles. The second-order valence-corrected chi connectivity index (χ2v) is 7.31. The summed E-state index contributed by atoms with van der Waals surface area (Å²) < 4.78 is 1.49. The number of hydrogen-bond donors (Lipinski definition) is 0. The van der Waals surface area contributed by atoms with Gasteiger partial charge in [-0.1, -0.05) is 18.2 Å². The number of tetrazole rings is 1. The van der Waals surface area contributed by atoms with Gasteiger partial charge in [0, 0.05) is 25.2 Å². The van der Waals surface area contributed by atoms with E-state index in [4.69, 9.17) is 0 Å². The van der Waals surface area contributed by atoms with E-state index in [0.717, 1.165) is 5.56 Å². The van der Waals surface area contributed by atoms with Gasteiger partial charge in [0.2, 0.25) is 0 Å². The number of fused-ring (bicyclic) bond motifs is 2. The zero-order chi connectivity index (χ0) is 21.5. The van der Waals surface area contributed by atoms with Gasteiger partial charge in [0.05, 0.1) is 16.8 Å². The lowest BCUT2D eigenvalue weighted by atomic mass is 10.1. The van der Waals surface area contributed by atoms with Gasteiger partial charge in [-0.2, -0.15) is 4.80 Å². The molecule has 0 unspecified atom stereocenters. The molecule has 4 heterocycles. The number of benzene rings is 1. The summed E-state index contributed by atoms with van der Waals surface area (Å²) in [6, 6.07) is 11.9. The van der Waals surface area contributed by atoms with E-state index in [2.05, 4.69) is 20.4 Å². The third-order valence-corrected chi connectivity index (χ3v) is 5.10. The van der Waals surface area contributed by atoms with Crippen LogP contribution in [0.15, 0.2) is 53.5 Å². The van der Waals surface area contributed by atoms with Crippen LogP contribution in [0, 0.1) is 6.92 Å². The van der Waals surface area contributed by atoms with Crippen molar-refractivity contribution in [2.45, 2.75) is 19.9 Å². The molecule has 31 heavy (non-hydrogen) atoms. The Hall–Kier alpha value is -4.21. The standard InChI is InChI=1S/C21H17N7O3/c1-13-6-7-18-22-14(10-19(29)27(18)11-13)12-28-24-17(23-25-28)8-9-26-20(30)15-4-2-3-5-16(15)21(26)31/h2-7,10-11H,8-9,12H2,1H3. The summed E-state index contributed by atoms with van der Waals surface area (Å²) in [5.41, 5.74) is 2.65. The number of carbonyl (C=O) groups excluding carboxylic acids is 2. The van der Waals surface area contributed by atoms with Crippen molar-refractivity contribution in [2.24, 2.45) is 0 Å². The van der Waals surface area contributed by atoms with Gasteiger partial charge in [-0.05, 0) is 35.9 Å². The topological polar surface area (TPSA) is 115 Å². The van der Waals surface area contributed by atoms with E-state index in [0.29, 0.717) is 28.3 Å². The number of carbonyl (C=O) groups is 2. The molecule has 0 spiro atoms. The Kier molecular flexibility index (Phi) is 4.39. The van der Waals surface area contributed by atoms with E-state index < -0.39 is 0 Å².